The highest BCUT2D eigenvalue weighted by Crippen LogP contribution is 2.36. The first-order valence-electron chi connectivity index (χ1n) is 7.12. The molecule has 0 aliphatic heterocycles. The zero-order chi connectivity index (χ0) is 17.6. The Kier molecular flexibility index (Phi) is 4.02. The number of sulfone groups is 1. The summed E-state index contributed by atoms with van der Waals surface area (Å²) < 4.78 is 45.4. The van der Waals surface area contributed by atoms with Crippen molar-refractivity contribution >= 4 is 20.9 Å². The molecule has 124 valence electrons. The molecule has 0 N–H and O–H groups in total. The van der Waals surface area contributed by atoms with Crippen LogP contribution in [-0.2, 0) is 15.3 Å². The Balaban J connectivity index is 2.96. The van der Waals surface area contributed by atoms with Crippen LogP contribution in [-0.4, -0.2) is 25.5 Å². The maximum atomic E-state index is 14.3. The second-order valence-corrected chi connectivity index (χ2v) is 9.15. The fourth-order valence-electron chi connectivity index (χ4n) is 2.01. The summed E-state index contributed by atoms with van der Waals surface area (Å²) in [6.45, 7) is 7.67. The molecule has 2 aromatic rings. The van der Waals surface area contributed by atoms with Crippen LogP contribution < -0.4 is 0 Å². The number of hydrogen-bond donors (Lipinski definition) is 0. The molecule has 1 heterocycles. The van der Waals surface area contributed by atoms with Crippen molar-refractivity contribution in [2.75, 3.05) is 7.05 Å². The third kappa shape index (κ3) is 2.95. The van der Waals surface area contributed by atoms with Gasteiger partial charge in [-0.1, -0.05) is 25.6 Å². The van der Waals surface area contributed by atoms with Crippen molar-refractivity contribution in [3.05, 3.63) is 28.4 Å². The van der Waals surface area contributed by atoms with E-state index in [-0.39, 0.29) is 16.0 Å². The summed E-state index contributed by atoms with van der Waals surface area (Å²) in [5.74, 6) is 0.381. The number of hydrogen-bond acceptors (Lipinski definition) is 4. The van der Waals surface area contributed by atoms with Gasteiger partial charge in [0, 0.05) is 5.41 Å². The van der Waals surface area contributed by atoms with Crippen molar-refractivity contribution in [3.63, 3.8) is 0 Å². The third-order valence-electron chi connectivity index (χ3n) is 3.29. The zero-order valence-electron chi connectivity index (χ0n) is 14.1. The molecular formula is C16H20FN2O3S+. The lowest BCUT2D eigenvalue weighted by Gasteiger charge is -2.16. The van der Waals surface area contributed by atoms with E-state index < -0.39 is 20.3 Å². The molecule has 7 heteroatoms. The Morgan fingerprint density at radius 3 is 2.30 bits per heavy atom. The predicted molar refractivity (Wildman–Crippen MR) is 87.4 cm³/mol. The standard InChI is InChI=1S/C16H20FN2O3S/c1-15(2,3)14-19-11-8-7-10(9-18-6)13(12(11)22-14)23(20,21)16(4,5)17/h7-8H,1-6H3/q+1. The van der Waals surface area contributed by atoms with Crippen LogP contribution in [0.2, 0.25) is 0 Å². The lowest BCUT2D eigenvalue weighted by Crippen LogP contribution is -2.27. The third-order valence-corrected chi connectivity index (χ3v) is 5.51. The summed E-state index contributed by atoms with van der Waals surface area (Å²) in [6, 6.07) is 5.71. The van der Waals surface area contributed by atoms with Gasteiger partial charge in [0.1, 0.15) is 16.0 Å². The number of nitrogens with zero attached hydrogens (tertiary/aromatic N) is 2. The minimum Gasteiger partial charge on any atom is -0.439 e. The number of halogens is 1. The van der Waals surface area contributed by atoms with Crippen molar-refractivity contribution in [2.24, 2.45) is 0 Å². The van der Waals surface area contributed by atoms with Gasteiger partial charge in [-0.2, -0.15) is 0 Å². The van der Waals surface area contributed by atoms with Gasteiger partial charge in [-0.15, -0.1) is 0 Å². The SMILES string of the molecule is C[N+]#Cc1ccc2nc(C(C)(C)C)oc2c1S(=O)(=O)C(C)(C)F. The average Bonchev–Trinajstić information content (AvgIpc) is 2.80. The van der Waals surface area contributed by atoms with Gasteiger partial charge in [0.25, 0.3) is 7.05 Å². The van der Waals surface area contributed by atoms with E-state index in [1.807, 2.05) is 20.8 Å². The van der Waals surface area contributed by atoms with Crippen molar-refractivity contribution in [2.45, 2.75) is 49.9 Å². The summed E-state index contributed by atoms with van der Waals surface area (Å²) in [5, 5.41) is -2.47. The van der Waals surface area contributed by atoms with Crippen LogP contribution in [0, 0.1) is 6.07 Å². The van der Waals surface area contributed by atoms with Gasteiger partial charge in [0.15, 0.2) is 5.58 Å². The van der Waals surface area contributed by atoms with Crippen molar-refractivity contribution < 1.29 is 17.2 Å². The first-order chi connectivity index (χ1) is 10.4. The van der Waals surface area contributed by atoms with E-state index in [9.17, 15) is 12.8 Å². The molecule has 0 saturated carbocycles. The molecule has 0 radical (unpaired) electrons. The summed E-state index contributed by atoms with van der Waals surface area (Å²) in [4.78, 5) is 7.79. The summed E-state index contributed by atoms with van der Waals surface area (Å²) >= 11 is 0. The number of rotatable bonds is 2. The summed E-state index contributed by atoms with van der Waals surface area (Å²) in [5.41, 5.74) is 0.143. The van der Waals surface area contributed by atoms with Gasteiger partial charge in [-0.3, -0.25) is 0 Å². The van der Waals surface area contributed by atoms with Crippen LogP contribution in [0.5, 0.6) is 0 Å². The summed E-state index contributed by atoms with van der Waals surface area (Å²) in [6.07, 6.45) is 0. The number of oxazole rings is 1. The molecule has 0 spiro atoms. The van der Waals surface area contributed by atoms with Gasteiger partial charge >= 0.3 is 6.07 Å². The predicted octanol–water partition coefficient (Wildman–Crippen LogP) is 3.92. The van der Waals surface area contributed by atoms with Crippen molar-refractivity contribution in [3.8, 4) is 6.07 Å². The molecule has 0 aliphatic rings. The quantitative estimate of drug-likeness (QED) is 0.832. The average molecular weight is 339 g/mol. The van der Waals surface area contributed by atoms with E-state index in [0.717, 1.165) is 13.8 Å². The van der Waals surface area contributed by atoms with Crippen LogP contribution in [0.4, 0.5) is 4.39 Å². The van der Waals surface area contributed by atoms with Crippen LogP contribution >= 0.6 is 0 Å². The molecule has 1 aromatic heterocycles. The Morgan fingerprint density at radius 1 is 1.22 bits per heavy atom. The Hall–Kier alpha value is -1.94. The van der Waals surface area contributed by atoms with Crippen LogP contribution in [0.25, 0.3) is 15.9 Å². The molecule has 0 bridgehead atoms. The molecule has 0 fully saturated rings. The van der Waals surface area contributed by atoms with Crippen LogP contribution in [0.15, 0.2) is 21.4 Å². The molecule has 5 nitrogen and oxygen atoms in total. The van der Waals surface area contributed by atoms with Gasteiger partial charge in [-0.05, 0) is 26.0 Å². The van der Waals surface area contributed by atoms with E-state index in [1.54, 1.807) is 6.07 Å². The van der Waals surface area contributed by atoms with E-state index in [0.29, 0.717) is 11.4 Å². The van der Waals surface area contributed by atoms with E-state index in [4.69, 9.17) is 4.42 Å². The lowest BCUT2D eigenvalue weighted by atomic mass is 9.97. The molecule has 0 aliphatic carbocycles. The van der Waals surface area contributed by atoms with E-state index in [2.05, 4.69) is 15.9 Å². The van der Waals surface area contributed by atoms with E-state index in [1.165, 1.54) is 13.1 Å². The Morgan fingerprint density at radius 2 is 1.83 bits per heavy atom. The number of alkyl halides is 1. The largest absolute Gasteiger partial charge is 0.439 e. The van der Waals surface area contributed by atoms with Gasteiger partial charge < -0.3 is 4.42 Å². The minimum absolute atomic E-state index is 0.0364. The van der Waals surface area contributed by atoms with Crippen LogP contribution in [0.1, 0.15) is 46.1 Å². The highest BCUT2D eigenvalue weighted by Gasteiger charge is 2.41. The Bertz CT molecular complexity index is 920. The second-order valence-electron chi connectivity index (χ2n) is 6.76. The monoisotopic (exact) mass is 339 g/mol. The summed E-state index contributed by atoms with van der Waals surface area (Å²) in [7, 11) is -2.85. The molecule has 0 amide bonds. The molecule has 0 saturated heterocycles. The maximum Gasteiger partial charge on any atom is 0.312 e. The first kappa shape index (κ1) is 17.4. The van der Waals surface area contributed by atoms with Gasteiger partial charge in [-0.25, -0.2) is 17.8 Å². The van der Waals surface area contributed by atoms with Crippen molar-refractivity contribution in [1.82, 2.24) is 4.98 Å². The van der Waals surface area contributed by atoms with Gasteiger partial charge in [0.2, 0.25) is 20.7 Å². The maximum absolute atomic E-state index is 14.3. The first-order valence-corrected chi connectivity index (χ1v) is 8.60. The molecular weight excluding hydrogens is 319 g/mol. The van der Waals surface area contributed by atoms with Crippen molar-refractivity contribution in [1.29, 1.82) is 0 Å². The highest BCUT2D eigenvalue weighted by atomic mass is 32.2. The number of aromatic nitrogens is 1. The topological polar surface area (TPSA) is 64.5 Å². The minimum atomic E-state index is -4.31. The smallest absolute Gasteiger partial charge is 0.312 e. The molecule has 0 unspecified atom stereocenters. The fourth-order valence-corrected chi connectivity index (χ4v) is 3.29. The number of benzene rings is 1. The lowest BCUT2D eigenvalue weighted by molar-refractivity contribution is 0.319. The molecule has 2 rings (SSSR count). The molecule has 0 atom stereocenters. The Labute approximate surface area is 135 Å². The van der Waals surface area contributed by atoms with Crippen LogP contribution in [0.3, 0.4) is 0 Å². The fraction of sp³-hybridized carbons (Fsp3) is 0.500. The second kappa shape index (κ2) is 5.31. The van der Waals surface area contributed by atoms with E-state index >= 15 is 0 Å². The molecule has 1 aromatic carbocycles. The zero-order valence-corrected chi connectivity index (χ0v) is 14.9. The highest BCUT2D eigenvalue weighted by molar-refractivity contribution is 7.92. The normalized spacial score (nSPS) is 13.0. The van der Waals surface area contributed by atoms with Gasteiger partial charge in [0.05, 0.1) is 0 Å². The molecule has 23 heavy (non-hydrogen) atoms. The number of fused-ring (bicyclic) bond motifs is 1.